The van der Waals surface area contributed by atoms with Crippen LogP contribution in [0.1, 0.15) is 23.4 Å². The van der Waals surface area contributed by atoms with Crippen molar-refractivity contribution in [3.05, 3.63) is 27.5 Å². The molecule has 16 heavy (non-hydrogen) atoms. The summed E-state index contributed by atoms with van der Waals surface area (Å²) in [7, 11) is 0. The topological polar surface area (TPSA) is 76.2 Å². The molecular weight excluding hydrogens is 286 g/mol. The Labute approximate surface area is 98.6 Å². The van der Waals surface area contributed by atoms with Gasteiger partial charge in [-0.05, 0) is 27.6 Å². The molecule has 4 nitrogen and oxygen atoms in total. The number of carbonyl (C=O) groups is 1. The second-order valence-electron chi connectivity index (χ2n) is 3.04. The van der Waals surface area contributed by atoms with Gasteiger partial charge in [-0.15, -0.1) is 0 Å². The number of aromatic nitrogens is 1. The summed E-state index contributed by atoms with van der Waals surface area (Å²) < 4.78 is 25.5. The van der Waals surface area contributed by atoms with E-state index in [1.807, 2.05) is 0 Å². The van der Waals surface area contributed by atoms with E-state index in [2.05, 4.69) is 20.9 Å². The lowest BCUT2D eigenvalue weighted by Crippen LogP contribution is -2.10. The van der Waals surface area contributed by atoms with Gasteiger partial charge in [-0.2, -0.15) is 0 Å². The zero-order valence-electron chi connectivity index (χ0n) is 8.08. The Morgan fingerprint density at radius 3 is 2.69 bits per heavy atom. The molecule has 0 unspecified atom stereocenters. The number of alkyl halides is 2. The van der Waals surface area contributed by atoms with E-state index >= 15 is 0 Å². The van der Waals surface area contributed by atoms with E-state index in [-0.39, 0.29) is 17.8 Å². The van der Waals surface area contributed by atoms with E-state index in [4.69, 9.17) is 10.8 Å². The van der Waals surface area contributed by atoms with E-state index in [1.54, 1.807) is 0 Å². The average molecular weight is 295 g/mol. The molecule has 0 aliphatic heterocycles. The van der Waals surface area contributed by atoms with Crippen molar-refractivity contribution in [2.24, 2.45) is 5.73 Å². The van der Waals surface area contributed by atoms with Gasteiger partial charge in [0.05, 0.1) is 12.1 Å². The number of nitrogens with zero attached hydrogens (tertiary/aromatic N) is 1. The first-order valence-electron chi connectivity index (χ1n) is 4.34. The molecular formula is C9H9BrF2N2O2. The minimum absolute atomic E-state index is 0.0694. The van der Waals surface area contributed by atoms with Crippen molar-refractivity contribution in [1.29, 1.82) is 0 Å². The zero-order valence-corrected chi connectivity index (χ0v) is 9.67. The first-order valence-corrected chi connectivity index (χ1v) is 5.13. The van der Waals surface area contributed by atoms with Gasteiger partial charge in [0.25, 0.3) is 6.43 Å². The lowest BCUT2D eigenvalue weighted by Gasteiger charge is -2.09. The maximum atomic E-state index is 12.6. The number of rotatable bonds is 4. The van der Waals surface area contributed by atoms with Gasteiger partial charge in [0.1, 0.15) is 5.69 Å². The highest BCUT2D eigenvalue weighted by Gasteiger charge is 2.18. The third kappa shape index (κ3) is 2.96. The maximum absolute atomic E-state index is 12.6. The first kappa shape index (κ1) is 13.0. The minimum Gasteiger partial charge on any atom is -0.481 e. The highest BCUT2D eigenvalue weighted by molar-refractivity contribution is 9.10. The molecule has 1 aromatic heterocycles. The fraction of sp³-hybridized carbons (Fsp3) is 0.333. The normalized spacial score (nSPS) is 10.8. The lowest BCUT2D eigenvalue weighted by atomic mass is 10.1. The SMILES string of the molecule is NCc1cc(Br)c(CC(=O)O)nc1C(F)F. The van der Waals surface area contributed by atoms with E-state index in [9.17, 15) is 13.6 Å². The Morgan fingerprint density at radius 2 is 2.25 bits per heavy atom. The van der Waals surface area contributed by atoms with Crippen molar-refractivity contribution in [3.63, 3.8) is 0 Å². The fourth-order valence-electron chi connectivity index (χ4n) is 1.20. The molecule has 0 bridgehead atoms. The van der Waals surface area contributed by atoms with Gasteiger partial charge in [-0.1, -0.05) is 0 Å². The summed E-state index contributed by atoms with van der Waals surface area (Å²) in [6.45, 7) is -0.0708. The van der Waals surface area contributed by atoms with Crippen LogP contribution >= 0.6 is 15.9 Å². The minimum atomic E-state index is -2.76. The van der Waals surface area contributed by atoms with Crippen LogP contribution in [0.4, 0.5) is 8.78 Å². The van der Waals surface area contributed by atoms with Gasteiger partial charge in [-0.25, -0.2) is 13.8 Å². The van der Waals surface area contributed by atoms with Crippen molar-refractivity contribution in [2.75, 3.05) is 0 Å². The molecule has 0 saturated carbocycles. The molecule has 1 aromatic rings. The Hall–Kier alpha value is -1.08. The Balaban J connectivity index is 3.21. The summed E-state index contributed by atoms with van der Waals surface area (Å²) >= 11 is 3.07. The average Bonchev–Trinajstić information content (AvgIpc) is 2.19. The van der Waals surface area contributed by atoms with Gasteiger partial charge in [0, 0.05) is 11.0 Å². The van der Waals surface area contributed by atoms with Gasteiger partial charge in [-0.3, -0.25) is 4.79 Å². The third-order valence-electron chi connectivity index (χ3n) is 1.91. The van der Waals surface area contributed by atoms with Crippen LogP contribution < -0.4 is 5.73 Å². The van der Waals surface area contributed by atoms with Crippen LogP contribution in [-0.2, 0) is 17.8 Å². The first-order chi connectivity index (χ1) is 7.45. The number of aliphatic carboxylic acids is 1. The van der Waals surface area contributed by atoms with Gasteiger partial charge < -0.3 is 10.8 Å². The zero-order chi connectivity index (χ0) is 12.3. The van der Waals surface area contributed by atoms with E-state index < -0.39 is 24.5 Å². The summed E-state index contributed by atoms with van der Waals surface area (Å²) in [4.78, 5) is 14.1. The fourth-order valence-corrected chi connectivity index (χ4v) is 1.71. The van der Waals surface area contributed by atoms with Crippen molar-refractivity contribution >= 4 is 21.9 Å². The van der Waals surface area contributed by atoms with Gasteiger partial charge in [0.2, 0.25) is 0 Å². The molecule has 88 valence electrons. The molecule has 1 heterocycles. The molecule has 0 amide bonds. The Morgan fingerprint density at radius 1 is 1.62 bits per heavy atom. The molecule has 0 aromatic carbocycles. The number of hydrogen-bond donors (Lipinski definition) is 2. The second kappa shape index (κ2) is 5.31. The number of pyridine rings is 1. The summed E-state index contributed by atoms with van der Waals surface area (Å²) in [5, 5.41) is 8.57. The molecule has 0 saturated heterocycles. The lowest BCUT2D eigenvalue weighted by molar-refractivity contribution is -0.136. The quantitative estimate of drug-likeness (QED) is 0.889. The number of halogens is 3. The van der Waals surface area contributed by atoms with Crippen molar-refractivity contribution in [3.8, 4) is 0 Å². The van der Waals surface area contributed by atoms with Crippen LogP contribution in [0.5, 0.6) is 0 Å². The van der Waals surface area contributed by atoms with Crippen LogP contribution in [0.15, 0.2) is 10.5 Å². The molecule has 0 fully saturated rings. The van der Waals surface area contributed by atoms with Crippen LogP contribution in [0.3, 0.4) is 0 Å². The highest BCUT2D eigenvalue weighted by atomic mass is 79.9. The summed E-state index contributed by atoms with van der Waals surface area (Å²) in [5.41, 5.74) is 5.12. The van der Waals surface area contributed by atoms with Crippen LogP contribution in [0.2, 0.25) is 0 Å². The molecule has 3 N–H and O–H groups in total. The summed E-state index contributed by atoms with van der Waals surface area (Å²) in [5.74, 6) is -1.13. The van der Waals surface area contributed by atoms with Crippen molar-refractivity contribution in [2.45, 2.75) is 19.4 Å². The Bertz CT molecular complexity index is 413. The second-order valence-corrected chi connectivity index (χ2v) is 3.89. The van der Waals surface area contributed by atoms with Crippen LogP contribution in [0, 0.1) is 0 Å². The molecule has 0 atom stereocenters. The Kier molecular flexibility index (Phi) is 4.31. The molecule has 0 aliphatic rings. The molecule has 0 radical (unpaired) electrons. The number of nitrogens with two attached hydrogens (primary N) is 1. The number of hydrogen-bond acceptors (Lipinski definition) is 3. The van der Waals surface area contributed by atoms with Gasteiger partial charge >= 0.3 is 5.97 Å². The van der Waals surface area contributed by atoms with E-state index in [1.165, 1.54) is 6.07 Å². The summed E-state index contributed by atoms with van der Waals surface area (Å²) in [6, 6.07) is 1.38. The number of carboxylic acids is 1. The van der Waals surface area contributed by atoms with Crippen molar-refractivity contribution in [1.82, 2.24) is 4.98 Å². The standard InChI is InChI=1S/C9H9BrF2N2O2/c10-5-1-4(3-13)8(9(11)12)14-6(5)2-7(15)16/h1,9H,2-3,13H2,(H,15,16). The third-order valence-corrected chi connectivity index (χ3v) is 2.59. The van der Waals surface area contributed by atoms with Gasteiger partial charge in [0.15, 0.2) is 0 Å². The molecule has 1 rings (SSSR count). The highest BCUT2D eigenvalue weighted by Crippen LogP contribution is 2.26. The van der Waals surface area contributed by atoms with Crippen molar-refractivity contribution < 1.29 is 18.7 Å². The molecule has 0 aliphatic carbocycles. The smallest absolute Gasteiger partial charge is 0.309 e. The van der Waals surface area contributed by atoms with Crippen LogP contribution in [0.25, 0.3) is 0 Å². The monoisotopic (exact) mass is 294 g/mol. The predicted molar refractivity (Wildman–Crippen MR) is 56.1 cm³/mol. The maximum Gasteiger partial charge on any atom is 0.309 e. The largest absolute Gasteiger partial charge is 0.481 e. The molecule has 7 heteroatoms. The molecule has 0 spiro atoms. The van der Waals surface area contributed by atoms with E-state index in [0.29, 0.717) is 4.47 Å². The van der Waals surface area contributed by atoms with Crippen LogP contribution in [-0.4, -0.2) is 16.1 Å². The van der Waals surface area contributed by atoms with E-state index in [0.717, 1.165) is 0 Å². The predicted octanol–water partition coefficient (Wildman–Crippen LogP) is 1.87. The number of carboxylic acid groups (broad SMARTS) is 1. The summed E-state index contributed by atoms with van der Waals surface area (Å²) in [6.07, 6.45) is -3.18.